The van der Waals surface area contributed by atoms with Crippen LogP contribution in [0.5, 0.6) is 0 Å². The lowest BCUT2D eigenvalue weighted by atomic mass is 10.4. The van der Waals surface area contributed by atoms with E-state index in [1.165, 1.54) is 0 Å². The molecule has 84 valence electrons. The van der Waals surface area contributed by atoms with Crippen LogP contribution in [0.1, 0.15) is 17.3 Å². The predicted octanol–water partition coefficient (Wildman–Crippen LogP) is 0.580. The smallest absolute Gasteiger partial charge is 0.195 e. The van der Waals surface area contributed by atoms with Crippen LogP contribution < -0.4 is 0 Å². The Morgan fingerprint density at radius 1 is 1.56 bits per heavy atom. The first-order valence-corrected chi connectivity index (χ1v) is 5.15. The highest BCUT2D eigenvalue weighted by molar-refractivity contribution is 7.71. The second-order valence-electron chi connectivity index (χ2n) is 3.28. The standard InChI is InChI=1S/C9H11N5OS/c1-6-10-3-2-7(11-6)4-14-8(5-15)12-13-9(14)16/h2-3,15H,4-5H2,1H3,(H,13,16). The van der Waals surface area contributed by atoms with Gasteiger partial charge in [0, 0.05) is 6.20 Å². The summed E-state index contributed by atoms with van der Waals surface area (Å²) >= 11 is 5.06. The minimum Gasteiger partial charge on any atom is -0.388 e. The van der Waals surface area contributed by atoms with Gasteiger partial charge in [0.2, 0.25) is 0 Å². The maximum absolute atomic E-state index is 9.08. The molecular weight excluding hydrogens is 226 g/mol. The number of nitrogens with one attached hydrogen (secondary N) is 1. The van der Waals surface area contributed by atoms with E-state index in [0.717, 1.165) is 5.69 Å². The fourth-order valence-corrected chi connectivity index (χ4v) is 1.60. The molecule has 6 nitrogen and oxygen atoms in total. The predicted molar refractivity (Wildman–Crippen MR) is 59.2 cm³/mol. The minimum atomic E-state index is -0.156. The van der Waals surface area contributed by atoms with E-state index in [-0.39, 0.29) is 6.61 Å². The van der Waals surface area contributed by atoms with Gasteiger partial charge in [-0.1, -0.05) is 0 Å². The van der Waals surface area contributed by atoms with Gasteiger partial charge in [0.15, 0.2) is 10.6 Å². The largest absolute Gasteiger partial charge is 0.388 e. The van der Waals surface area contributed by atoms with Crippen molar-refractivity contribution in [3.05, 3.63) is 34.4 Å². The third kappa shape index (κ3) is 2.15. The Kier molecular flexibility index (Phi) is 3.07. The van der Waals surface area contributed by atoms with E-state index in [9.17, 15) is 0 Å². The molecule has 0 radical (unpaired) electrons. The van der Waals surface area contributed by atoms with Crippen molar-refractivity contribution in [2.75, 3.05) is 0 Å². The molecule has 0 aliphatic heterocycles. The van der Waals surface area contributed by atoms with Crippen molar-refractivity contribution in [3.63, 3.8) is 0 Å². The molecule has 0 spiro atoms. The van der Waals surface area contributed by atoms with Gasteiger partial charge in [0.1, 0.15) is 12.4 Å². The summed E-state index contributed by atoms with van der Waals surface area (Å²) in [6.45, 7) is 2.15. The first kappa shape index (κ1) is 10.9. The number of hydrogen-bond acceptors (Lipinski definition) is 5. The molecule has 0 atom stereocenters. The summed E-state index contributed by atoms with van der Waals surface area (Å²) in [7, 11) is 0. The van der Waals surface area contributed by atoms with Gasteiger partial charge in [-0.3, -0.25) is 9.67 Å². The molecule has 2 N–H and O–H groups in total. The summed E-state index contributed by atoms with van der Waals surface area (Å²) in [4.78, 5) is 8.28. The van der Waals surface area contributed by atoms with Crippen molar-refractivity contribution in [1.82, 2.24) is 24.7 Å². The van der Waals surface area contributed by atoms with Crippen LogP contribution in [0.3, 0.4) is 0 Å². The van der Waals surface area contributed by atoms with Crippen molar-refractivity contribution >= 4 is 12.2 Å². The number of nitrogens with zero attached hydrogens (tertiary/aromatic N) is 4. The van der Waals surface area contributed by atoms with Crippen LogP contribution >= 0.6 is 12.2 Å². The Labute approximate surface area is 97.0 Å². The number of hydrogen-bond donors (Lipinski definition) is 2. The molecule has 0 unspecified atom stereocenters. The first-order chi connectivity index (χ1) is 7.70. The Balaban J connectivity index is 2.33. The lowest BCUT2D eigenvalue weighted by Gasteiger charge is -2.04. The van der Waals surface area contributed by atoms with Gasteiger partial charge in [0.05, 0.1) is 12.2 Å². The number of aromatic amines is 1. The van der Waals surface area contributed by atoms with Crippen molar-refractivity contribution < 1.29 is 5.11 Å². The van der Waals surface area contributed by atoms with Gasteiger partial charge < -0.3 is 5.11 Å². The lowest BCUT2D eigenvalue weighted by molar-refractivity contribution is 0.265. The fraction of sp³-hybridized carbons (Fsp3) is 0.333. The van der Waals surface area contributed by atoms with E-state index in [2.05, 4.69) is 20.2 Å². The molecule has 2 heterocycles. The van der Waals surface area contributed by atoms with E-state index in [1.807, 2.05) is 13.0 Å². The van der Waals surface area contributed by atoms with Crippen LogP contribution in [0.4, 0.5) is 0 Å². The second kappa shape index (κ2) is 4.50. The monoisotopic (exact) mass is 237 g/mol. The van der Waals surface area contributed by atoms with Crippen molar-refractivity contribution in [1.29, 1.82) is 0 Å². The number of aliphatic hydroxyl groups excluding tert-OH is 1. The maximum atomic E-state index is 9.08. The van der Waals surface area contributed by atoms with E-state index in [0.29, 0.717) is 23.0 Å². The molecule has 0 saturated heterocycles. The maximum Gasteiger partial charge on any atom is 0.195 e. The SMILES string of the molecule is Cc1nccc(Cn2c(CO)n[nH]c2=S)n1. The minimum absolute atomic E-state index is 0.156. The Morgan fingerprint density at radius 3 is 3.06 bits per heavy atom. The number of rotatable bonds is 3. The van der Waals surface area contributed by atoms with E-state index < -0.39 is 0 Å². The third-order valence-corrected chi connectivity index (χ3v) is 2.44. The van der Waals surface area contributed by atoms with Gasteiger partial charge >= 0.3 is 0 Å². The molecule has 0 aromatic carbocycles. The first-order valence-electron chi connectivity index (χ1n) is 4.74. The van der Waals surface area contributed by atoms with Gasteiger partial charge in [-0.15, -0.1) is 0 Å². The second-order valence-corrected chi connectivity index (χ2v) is 3.67. The summed E-state index contributed by atoms with van der Waals surface area (Å²) in [6, 6.07) is 1.81. The topological polar surface area (TPSA) is 79.6 Å². The molecular formula is C9H11N5OS. The van der Waals surface area contributed by atoms with Crippen molar-refractivity contribution in [3.8, 4) is 0 Å². The molecule has 2 aromatic rings. The molecule has 7 heteroatoms. The van der Waals surface area contributed by atoms with Crippen molar-refractivity contribution in [2.24, 2.45) is 0 Å². The van der Waals surface area contributed by atoms with Crippen LogP contribution in [-0.2, 0) is 13.2 Å². The Hall–Kier alpha value is -1.60. The highest BCUT2D eigenvalue weighted by Crippen LogP contribution is 2.03. The molecule has 0 amide bonds. The van der Waals surface area contributed by atoms with Crippen LogP contribution in [0, 0.1) is 11.7 Å². The molecule has 0 fully saturated rings. The average molecular weight is 237 g/mol. The third-order valence-electron chi connectivity index (χ3n) is 2.13. The summed E-state index contributed by atoms with van der Waals surface area (Å²) in [6.07, 6.45) is 1.69. The van der Waals surface area contributed by atoms with E-state index in [1.54, 1.807) is 10.8 Å². The van der Waals surface area contributed by atoms with E-state index >= 15 is 0 Å². The zero-order valence-electron chi connectivity index (χ0n) is 8.71. The quantitative estimate of drug-likeness (QED) is 0.763. The normalized spacial score (nSPS) is 10.6. The average Bonchev–Trinajstić information content (AvgIpc) is 2.60. The number of aromatic nitrogens is 5. The van der Waals surface area contributed by atoms with Gasteiger partial charge in [-0.25, -0.2) is 9.97 Å². The molecule has 0 aliphatic rings. The Morgan fingerprint density at radius 2 is 2.38 bits per heavy atom. The zero-order chi connectivity index (χ0) is 11.5. The summed E-state index contributed by atoms with van der Waals surface area (Å²) in [5, 5.41) is 15.6. The summed E-state index contributed by atoms with van der Waals surface area (Å²) in [5.41, 5.74) is 0.833. The molecule has 16 heavy (non-hydrogen) atoms. The van der Waals surface area contributed by atoms with E-state index in [4.69, 9.17) is 17.3 Å². The van der Waals surface area contributed by atoms with Gasteiger partial charge in [-0.05, 0) is 25.2 Å². The molecule has 0 aliphatic carbocycles. The summed E-state index contributed by atoms with van der Waals surface area (Å²) in [5.74, 6) is 1.21. The highest BCUT2D eigenvalue weighted by Gasteiger charge is 2.06. The van der Waals surface area contributed by atoms with Crippen LogP contribution in [0.2, 0.25) is 0 Å². The molecule has 2 rings (SSSR count). The number of H-pyrrole nitrogens is 1. The molecule has 2 aromatic heterocycles. The lowest BCUT2D eigenvalue weighted by Crippen LogP contribution is -2.07. The zero-order valence-corrected chi connectivity index (χ0v) is 9.53. The fourth-order valence-electron chi connectivity index (χ4n) is 1.39. The molecule has 0 bridgehead atoms. The van der Waals surface area contributed by atoms with Crippen LogP contribution in [0.25, 0.3) is 0 Å². The number of aliphatic hydroxyl groups is 1. The Bertz CT molecular complexity index is 547. The van der Waals surface area contributed by atoms with Crippen LogP contribution in [-0.4, -0.2) is 29.8 Å². The van der Waals surface area contributed by atoms with Crippen molar-refractivity contribution in [2.45, 2.75) is 20.1 Å². The molecule has 0 saturated carbocycles. The van der Waals surface area contributed by atoms with Gasteiger partial charge in [-0.2, -0.15) is 5.10 Å². The van der Waals surface area contributed by atoms with Gasteiger partial charge in [0.25, 0.3) is 0 Å². The highest BCUT2D eigenvalue weighted by atomic mass is 32.1. The number of aryl methyl sites for hydroxylation is 1. The summed E-state index contributed by atoms with van der Waals surface area (Å²) < 4.78 is 2.18. The van der Waals surface area contributed by atoms with Crippen LogP contribution in [0.15, 0.2) is 12.3 Å².